The maximum Gasteiger partial charge on any atom is 0.263 e. The molecule has 1 aromatic carbocycles. The third-order valence-electron chi connectivity index (χ3n) is 3.88. The lowest BCUT2D eigenvalue weighted by Crippen LogP contribution is -2.14. The molecule has 3 rings (SSSR count). The normalized spacial score (nSPS) is 11.0. The van der Waals surface area contributed by atoms with Crippen molar-refractivity contribution >= 4 is 49.8 Å². The van der Waals surface area contributed by atoms with Crippen molar-refractivity contribution in [2.75, 3.05) is 15.8 Å². The Labute approximate surface area is 188 Å². The molecule has 31 heavy (non-hydrogen) atoms. The van der Waals surface area contributed by atoms with Gasteiger partial charge < -0.3 is 5.32 Å². The number of carbonyl (C=O) groups is 1. The Bertz CT molecular complexity index is 1230. The second kappa shape index (κ2) is 9.86. The summed E-state index contributed by atoms with van der Waals surface area (Å²) in [6.45, 7) is 3.57. The monoisotopic (exact) mass is 474 g/mol. The summed E-state index contributed by atoms with van der Waals surface area (Å²) >= 11 is 2.48. The zero-order valence-corrected chi connectivity index (χ0v) is 19.1. The Kier molecular flexibility index (Phi) is 7.21. The lowest BCUT2D eigenvalue weighted by atomic mass is 10.3. The third kappa shape index (κ3) is 6.24. The van der Waals surface area contributed by atoms with Crippen molar-refractivity contribution in [3.8, 4) is 6.07 Å². The summed E-state index contributed by atoms with van der Waals surface area (Å²) in [5.41, 5.74) is 1.76. The second-order valence-corrected chi connectivity index (χ2v) is 10.3. The summed E-state index contributed by atoms with van der Waals surface area (Å²) in [5.74, 6) is 0.228. The number of carbonyl (C=O) groups excluding carboxylic acids is 1. The molecule has 0 unspecified atom stereocenters. The summed E-state index contributed by atoms with van der Waals surface area (Å²) in [6.07, 6.45) is 0.211. The van der Waals surface area contributed by atoms with Crippen molar-refractivity contribution in [1.82, 2.24) is 15.2 Å². The van der Waals surface area contributed by atoms with Gasteiger partial charge in [0.15, 0.2) is 0 Å². The van der Waals surface area contributed by atoms with E-state index < -0.39 is 10.0 Å². The molecule has 0 saturated carbocycles. The highest BCUT2D eigenvalue weighted by Gasteiger charge is 2.16. The molecule has 0 bridgehead atoms. The first kappa shape index (κ1) is 22.7. The van der Waals surface area contributed by atoms with Crippen LogP contribution >= 0.6 is 23.1 Å². The standard InChI is InChI=1S/C19H18N6O3S3/c1-12-3-4-14(11-20)18(21-12)29-10-9-17(26)22-15-5-7-16(8-6-15)31(27,28)25-19-24-23-13(2)30-19/h3-8H,9-10H2,1-2H3,(H,22,26)(H,24,25). The Balaban J connectivity index is 1.54. The van der Waals surface area contributed by atoms with Crippen LogP contribution in [0.1, 0.15) is 22.7 Å². The first-order valence-corrected chi connectivity index (χ1v) is 12.3. The number of hydrogen-bond acceptors (Lipinski definition) is 9. The summed E-state index contributed by atoms with van der Waals surface area (Å²) in [6, 6.07) is 11.4. The number of anilines is 2. The van der Waals surface area contributed by atoms with Gasteiger partial charge in [0, 0.05) is 23.6 Å². The van der Waals surface area contributed by atoms with E-state index >= 15 is 0 Å². The minimum Gasteiger partial charge on any atom is -0.326 e. The molecule has 2 N–H and O–H groups in total. The molecular formula is C19H18N6O3S3. The molecule has 2 aromatic heterocycles. The Morgan fingerprint density at radius 1 is 1.16 bits per heavy atom. The average molecular weight is 475 g/mol. The van der Waals surface area contributed by atoms with Crippen LogP contribution in [0.3, 0.4) is 0 Å². The van der Waals surface area contributed by atoms with E-state index in [1.807, 2.05) is 6.92 Å². The number of amides is 1. The van der Waals surface area contributed by atoms with Gasteiger partial charge in [-0.25, -0.2) is 13.4 Å². The third-order valence-corrected chi connectivity index (χ3v) is 7.12. The largest absolute Gasteiger partial charge is 0.326 e. The highest BCUT2D eigenvalue weighted by Crippen LogP contribution is 2.22. The molecule has 0 radical (unpaired) electrons. The molecule has 12 heteroatoms. The fourth-order valence-corrected chi connectivity index (χ4v) is 5.20. The van der Waals surface area contributed by atoms with Gasteiger partial charge in [0.2, 0.25) is 11.0 Å². The van der Waals surface area contributed by atoms with E-state index in [1.54, 1.807) is 19.1 Å². The quantitative estimate of drug-likeness (QED) is 0.474. The predicted octanol–water partition coefficient (Wildman–Crippen LogP) is 3.34. The molecule has 0 aliphatic carbocycles. The minimum atomic E-state index is -3.79. The number of aromatic nitrogens is 3. The predicted molar refractivity (Wildman–Crippen MR) is 120 cm³/mol. The maximum atomic E-state index is 12.4. The van der Waals surface area contributed by atoms with Gasteiger partial charge in [-0.05, 0) is 50.2 Å². The average Bonchev–Trinajstić information content (AvgIpc) is 3.12. The lowest BCUT2D eigenvalue weighted by molar-refractivity contribution is -0.115. The first-order chi connectivity index (χ1) is 14.8. The smallest absolute Gasteiger partial charge is 0.263 e. The molecule has 160 valence electrons. The molecule has 0 fully saturated rings. The van der Waals surface area contributed by atoms with Crippen molar-refractivity contribution in [1.29, 1.82) is 5.26 Å². The molecule has 0 atom stereocenters. The van der Waals surface area contributed by atoms with E-state index in [-0.39, 0.29) is 22.4 Å². The zero-order chi connectivity index (χ0) is 22.4. The molecule has 0 aliphatic rings. The summed E-state index contributed by atoms with van der Waals surface area (Å²) in [7, 11) is -3.79. The van der Waals surface area contributed by atoms with Gasteiger partial charge in [0.1, 0.15) is 16.1 Å². The van der Waals surface area contributed by atoms with Crippen molar-refractivity contribution in [3.63, 3.8) is 0 Å². The molecule has 0 spiro atoms. The van der Waals surface area contributed by atoms with Crippen molar-refractivity contribution in [2.24, 2.45) is 0 Å². The van der Waals surface area contributed by atoms with E-state index in [0.717, 1.165) is 17.0 Å². The number of rotatable bonds is 8. The summed E-state index contributed by atoms with van der Waals surface area (Å²) < 4.78 is 27.2. The molecule has 3 aromatic rings. The molecular weight excluding hydrogens is 456 g/mol. The van der Waals surface area contributed by atoms with Crippen LogP contribution in [-0.4, -0.2) is 35.3 Å². The fraction of sp³-hybridized carbons (Fsp3) is 0.211. The molecule has 9 nitrogen and oxygen atoms in total. The maximum absolute atomic E-state index is 12.4. The van der Waals surface area contributed by atoms with Gasteiger partial charge in [0.25, 0.3) is 10.0 Å². The number of nitrogens with one attached hydrogen (secondary N) is 2. The van der Waals surface area contributed by atoms with Crippen LogP contribution < -0.4 is 10.0 Å². The van der Waals surface area contributed by atoms with Crippen LogP contribution in [0.4, 0.5) is 10.8 Å². The van der Waals surface area contributed by atoms with Crippen LogP contribution in [0.25, 0.3) is 0 Å². The number of hydrogen-bond donors (Lipinski definition) is 2. The lowest BCUT2D eigenvalue weighted by Gasteiger charge is -2.08. The number of nitrogens with zero attached hydrogens (tertiary/aromatic N) is 4. The first-order valence-electron chi connectivity index (χ1n) is 9.00. The van der Waals surface area contributed by atoms with Gasteiger partial charge in [-0.1, -0.05) is 11.3 Å². The fourth-order valence-electron chi connectivity index (χ4n) is 2.42. The Morgan fingerprint density at radius 2 is 1.90 bits per heavy atom. The van der Waals surface area contributed by atoms with Gasteiger partial charge >= 0.3 is 0 Å². The highest BCUT2D eigenvalue weighted by atomic mass is 32.2. The van der Waals surface area contributed by atoms with E-state index in [9.17, 15) is 13.2 Å². The SMILES string of the molecule is Cc1ccc(C#N)c(SCCC(=O)Nc2ccc(S(=O)(=O)Nc3nnc(C)s3)cc2)n1. The number of sulfonamides is 1. The van der Waals surface area contributed by atoms with E-state index in [0.29, 0.717) is 27.0 Å². The van der Waals surface area contributed by atoms with Crippen LogP contribution in [0.2, 0.25) is 0 Å². The number of pyridine rings is 1. The minimum absolute atomic E-state index is 0.0449. The van der Waals surface area contributed by atoms with Crippen LogP contribution in [-0.2, 0) is 14.8 Å². The Hall–Kier alpha value is -3.01. The van der Waals surface area contributed by atoms with Gasteiger partial charge in [-0.15, -0.1) is 22.0 Å². The highest BCUT2D eigenvalue weighted by molar-refractivity contribution is 7.99. The van der Waals surface area contributed by atoms with Crippen LogP contribution in [0, 0.1) is 25.2 Å². The van der Waals surface area contributed by atoms with Gasteiger partial charge in [0.05, 0.1) is 10.5 Å². The molecule has 1 amide bonds. The number of aryl methyl sites for hydroxylation is 2. The molecule has 2 heterocycles. The molecule has 0 saturated heterocycles. The van der Waals surface area contributed by atoms with Crippen molar-refractivity contribution in [2.45, 2.75) is 30.2 Å². The Morgan fingerprint density at radius 3 is 2.55 bits per heavy atom. The van der Waals surface area contributed by atoms with Crippen molar-refractivity contribution in [3.05, 3.63) is 52.7 Å². The topological polar surface area (TPSA) is 138 Å². The van der Waals surface area contributed by atoms with E-state index in [1.165, 1.54) is 36.0 Å². The second-order valence-electron chi connectivity index (χ2n) is 6.32. The van der Waals surface area contributed by atoms with Crippen molar-refractivity contribution < 1.29 is 13.2 Å². The van der Waals surface area contributed by atoms with Crippen LogP contribution in [0.5, 0.6) is 0 Å². The number of thioether (sulfide) groups is 1. The summed E-state index contributed by atoms with van der Waals surface area (Å²) in [4.78, 5) is 16.6. The molecule has 0 aliphatic heterocycles. The van der Waals surface area contributed by atoms with Crippen LogP contribution in [0.15, 0.2) is 46.3 Å². The zero-order valence-electron chi connectivity index (χ0n) is 16.6. The summed E-state index contributed by atoms with van der Waals surface area (Å²) in [5, 5.41) is 20.8. The number of benzene rings is 1. The number of nitriles is 1. The van der Waals surface area contributed by atoms with Gasteiger partial charge in [-0.3, -0.25) is 9.52 Å². The van der Waals surface area contributed by atoms with E-state index in [4.69, 9.17) is 5.26 Å². The van der Waals surface area contributed by atoms with E-state index in [2.05, 4.69) is 31.3 Å². The van der Waals surface area contributed by atoms with Gasteiger partial charge in [-0.2, -0.15) is 5.26 Å².